The van der Waals surface area contributed by atoms with E-state index in [0.29, 0.717) is 46.3 Å². The number of nitrogens with zero attached hydrogens (tertiary/aromatic N) is 3. The highest BCUT2D eigenvalue weighted by Crippen LogP contribution is 2.39. The number of ether oxygens (including phenoxy) is 2. The molecule has 9 heteroatoms. The smallest absolute Gasteiger partial charge is 0.322 e. The lowest BCUT2D eigenvalue weighted by atomic mass is 9.94. The number of allylic oxidation sites excluding steroid dienone is 1. The third-order valence-corrected chi connectivity index (χ3v) is 5.40. The molecule has 5 rings (SSSR count). The molecule has 2 aromatic carbocycles. The van der Waals surface area contributed by atoms with E-state index in [0.717, 1.165) is 0 Å². The van der Waals surface area contributed by atoms with Crippen molar-refractivity contribution >= 4 is 11.6 Å². The predicted molar refractivity (Wildman–Crippen MR) is 113 cm³/mol. The van der Waals surface area contributed by atoms with E-state index in [2.05, 4.69) is 22.0 Å². The number of hydrogen-bond donors (Lipinski definition) is 1. The summed E-state index contributed by atoms with van der Waals surface area (Å²) in [5, 5.41) is 7.07. The lowest BCUT2D eigenvalue weighted by molar-refractivity contribution is 0.174. The van der Waals surface area contributed by atoms with Crippen LogP contribution in [-0.4, -0.2) is 34.4 Å². The highest BCUT2D eigenvalue weighted by atomic mass is 19.1. The quantitative estimate of drug-likeness (QED) is 0.603. The maximum Gasteiger partial charge on any atom is 0.322 e. The summed E-state index contributed by atoms with van der Waals surface area (Å²) in [5.41, 5.74) is 2.65. The summed E-state index contributed by atoms with van der Waals surface area (Å²) in [6, 6.07) is 10.4. The molecular formula is C23H19FN4O4. The molecule has 0 spiro atoms. The second kappa shape index (κ2) is 7.84. The first kappa shape index (κ1) is 19.8. The lowest BCUT2D eigenvalue weighted by Crippen LogP contribution is -2.46. The topological polar surface area (TPSA) is 89.7 Å². The molecular weight excluding hydrogens is 415 g/mol. The Bertz CT molecular complexity index is 1240. The summed E-state index contributed by atoms with van der Waals surface area (Å²) < 4.78 is 29.9. The van der Waals surface area contributed by atoms with Gasteiger partial charge >= 0.3 is 6.03 Å². The SMILES string of the molecule is C=CCN1C(=O)NC(c2ccc(F)cc2)C(c2nc(-c3ccc4c(c3)OCO4)no2)=C1C. The molecule has 162 valence electrons. The summed E-state index contributed by atoms with van der Waals surface area (Å²) in [6.07, 6.45) is 1.63. The number of rotatable bonds is 5. The zero-order chi connectivity index (χ0) is 22.2. The zero-order valence-corrected chi connectivity index (χ0v) is 17.2. The van der Waals surface area contributed by atoms with Crippen molar-refractivity contribution in [1.29, 1.82) is 0 Å². The summed E-state index contributed by atoms with van der Waals surface area (Å²) >= 11 is 0. The van der Waals surface area contributed by atoms with Gasteiger partial charge in [-0.25, -0.2) is 9.18 Å². The van der Waals surface area contributed by atoms with Crippen LogP contribution in [-0.2, 0) is 0 Å². The van der Waals surface area contributed by atoms with Gasteiger partial charge in [0.05, 0.1) is 11.6 Å². The molecule has 0 fully saturated rings. The van der Waals surface area contributed by atoms with Crippen LogP contribution in [0.15, 0.2) is 65.3 Å². The van der Waals surface area contributed by atoms with Crippen LogP contribution in [0.5, 0.6) is 11.5 Å². The number of amides is 2. The normalized spacial score (nSPS) is 17.5. The van der Waals surface area contributed by atoms with Crippen LogP contribution < -0.4 is 14.8 Å². The Hall–Kier alpha value is -4.14. The summed E-state index contributed by atoms with van der Waals surface area (Å²) in [6.45, 7) is 6.00. The van der Waals surface area contributed by atoms with Crippen LogP contribution in [0.2, 0.25) is 0 Å². The summed E-state index contributed by atoms with van der Waals surface area (Å²) in [4.78, 5) is 18.8. The van der Waals surface area contributed by atoms with Gasteiger partial charge in [-0.3, -0.25) is 4.90 Å². The Morgan fingerprint density at radius 2 is 2.00 bits per heavy atom. The van der Waals surface area contributed by atoms with E-state index in [4.69, 9.17) is 14.0 Å². The van der Waals surface area contributed by atoms with Gasteiger partial charge in [-0.05, 0) is 42.8 Å². The Morgan fingerprint density at radius 3 is 2.78 bits per heavy atom. The highest BCUT2D eigenvalue weighted by Gasteiger charge is 2.35. The van der Waals surface area contributed by atoms with Gasteiger partial charge in [0, 0.05) is 17.8 Å². The van der Waals surface area contributed by atoms with Gasteiger partial charge in [-0.15, -0.1) is 6.58 Å². The number of carbonyl (C=O) groups is 1. The van der Waals surface area contributed by atoms with Gasteiger partial charge in [0.2, 0.25) is 12.6 Å². The van der Waals surface area contributed by atoms with Crippen molar-refractivity contribution in [3.05, 3.63) is 78.1 Å². The average molecular weight is 434 g/mol. The third-order valence-electron chi connectivity index (χ3n) is 5.40. The second-order valence-electron chi connectivity index (χ2n) is 7.32. The van der Waals surface area contributed by atoms with Gasteiger partial charge in [-0.2, -0.15) is 4.98 Å². The second-order valence-corrected chi connectivity index (χ2v) is 7.32. The van der Waals surface area contributed by atoms with Crippen molar-refractivity contribution in [3.8, 4) is 22.9 Å². The molecule has 8 nitrogen and oxygen atoms in total. The minimum absolute atomic E-state index is 0.167. The number of hydrogen-bond acceptors (Lipinski definition) is 6. The van der Waals surface area contributed by atoms with Crippen molar-refractivity contribution in [2.75, 3.05) is 13.3 Å². The van der Waals surface area contributed by atoms with Crippen molar-refractivity contribution in [2.24, 2.45) is 0 Å². The first-order valence-corrected chi connectivity index (χ1v) is 9.94. The van der Waals surface area contributed by atoms with Crippen molar-refractivity contribution < 1.29 is 23.2 Å². The first-order valence-electron chi connectivity index (χ1n) is 9.94. The van der Waals surface area contributed by atoms with Crippen LogP contribution in [0.3, 0.4) is 0 Å². The molecule has 1 N–H and O–H groups in total. The molecule has 3 heterocycles. The Labute approximate surface area is 182 Å². The predicted octanol–water partition coefficient (Wildman–Crippen LogP) is 4.29. The standard InChI is InChI=1S/C23H19FN4O4/c1-3-10-28-13(2)19(20(25-23(28)29)14-4-7-16(24)8-5-14)22-26-21(27-32-22)15-6-9-17-18(11-15)31-12-30-17/h3-9,11,20H,1,10,12H2,2H3,(H,25,29). The Balaban J connectivity index is 1.58. The summed E-state index contributed by atoms with van der Waals surface area (Å²) in [7, 11) is 0. The average Bonchev–Trinajstić information content (AvgIpc) is 3.46. The molecule has 3 aromatic rings. The molecule has 2 amide bonds. The number of aromatic nitrogens is 2. The molecule has 0 saturated heterocycles. The van der Waals surface area contributed by atoms with E-state index in [-0.39, 0.29) is 24.5 Å². The molecule has 1 unspecified atom stereocenters. The highest BCUT2D eigenvalue weighted by molar-refractivity contribution is 5.87. The number of benzene rings is 2. The molecule has 2 aliphatic heterocycles. The van der Waals surface area contributed by atoms with Crippen LogP contribution in [0, 0.1) is 5.82 Å². The van der Waals surface area contributed by atoms with E-state index in [9.17, 15) is 9.18 Å². The minimum atomic E-state index is -0.589. The fourth-order valence-electron chi connectivity index (χ4n) is 3.80. The fraction of sp³-hybridized carbons (Fsp3) is 0.174. The Morgan fingerprint density at radius 1 is 1.22 bits per heavy atom. The lowest BCUT2D eigenvalue weighted by Gasteiger charge is -2.34. The van der Waals surface area contributed by atoms with Crippen LogP contribution >= 0.6 is 0 Å². The third kappa shape index (κ3) is 3.37. The molecule has 0 saturated carbocycles. The first-order chi connectivity index (χ1) is 15.5. The van der Waals surface area contributed by atoms with Gasteiger partial charge in [0.25, 0.3) is 5.89 Å². The number of carbonyl (C=O) groups excluding carboxylic acids is 1. The van der Waals surface area contributed by atoms with Crippen LogP contribution in [0.25, 0.3) is 17.0 Å². The molecule has 1 atom stereocenters. The van der Waals surface area contributed by atoms with Crippen molar-refractivity contribution in [1.82, 2.24) is 20.4 Å². The number of nitrogens with one attached hydrogen (secondary N) is 1. The van der Waals surface area contributed by atoms with Gasteiger partial charge < -0.3 is 19.3 Å². The zero-order valence-electron chi connectivity index (χ0n) is 17.2. The van der Waals surface area contributed by atoms with Crippen molar-refractivity contribution in [3.63, 3.8) is 0 Å². The number of halogens is 1. The van der Waals surface area contributed by atoms with E-state index in [1.807, 2.05) is 6.07 Å². The summed E-state index contributed by atoms with van der Waals surface area (Å²) in [5.74, 6) is 1.51. The molecule has 0 bridgehead atoms. The maximum absolute atomic E-state index is 13.5. The monoisotopic (exact) mass is 434 g/mol. The van der Waals surface area contributed by atoms with Gasteiger partial charge in [0.15, 0.2) is 11.5 Å². The molecule has 1 aromatic heterocycles. The number of fused-ring (bicyclic) bond motifs is 1. The van der Waals surface area contributed by atoms with E-state index < -0.39 is 6.04 Å². The van der Waals surface area contributed by atoms with Crippen molar-refractivity contribution in [2.45, 2.75) is 13.0 Å². The van der Waals surface area contributed by atoms with Crippen LogP contribution in [0.1, 0.15) is 24.4 Å². The largest absolute Gasteiger partial charge is 0.454 e. The minimum Gasteiger partial charge on any atom is -0.454 e. The maximum atomic E-state index is 13.5. The van der Waals surface area contributed by atoms with Crippen LogP contribution in [0.4, 0.5) is 9.18 Å². The fourth-order valence-corrected chi connectivity index (χ4v) is 3.80. The number of urea groups is 1. The van der Waals surface area contributed by atoms with Gasteiger partial charge in [-0.1, -0.05) is 23.4 Å². The van der Waals surface area contributed by atoms with E-state index in [1.54, 1.807) is 37.3 Å². The van der Waals surface area contributed by atoms with E-state index >= 15 is 0 Å². The molecule has 0 radical (unpaired) electrons. The Kier molecular flexibility index (Phi) is 4.85. The van der Waals surface area contributed by atoms with Gasteiger partial charge in [0.1, 0.15) is 5.82 Å². The molecule has 0 aliphatic carbocycles. The van der Waals surface area contributed by atoms with E-state index in [1.165, 1.54) is 17.0 Å². The molecule has 2 aliphatic rings. The molecule has 32 heavy (non-hydrogen) atoms.